The molecule has 0 aliphatic carbocycles. The Kier molecular flexibility index (Phi) is 5.70. The zero-order chi connectivity index (χ0) is 15.2. The Labute approximate surface area is 123 Å². The first-order valence-corrected chi connectivity index (χ1v) is 7.24. The topological polar surface area (TPSA) is 29.1 Å². The van der Waals surface area contributed by atoms with Crippen LogP contribution in [0.1, 0.15) is 32.6 Å². The summed E-state index contributed by atoms with van der Waals surface area (Å²) in [4.78, 5) is 11.7. The monoisotopic (exact) mass is 273 g/mol. The molecule has 2 heteroatoms. The van der Waals surface area contributed by atoms with Gasteiger partial charge < -0.3 is 10.1 Å². The van der Waals surface area contributed by atoms with Crippen LogP contribution in [-0.4, -0.2) is 17.4 Å². The lowest BCUT2D eigenvalue weighted by atomic mass is 9.72. The molecule has 0 aromatic carbocycles. The van der Waals surface area contributed by atoms with Gasteiger partial charge in [0, 0.05) is 17.0 Å². The van der Waals surface area contributed by atoms with Gasteiger partial charge in [-0.25, -0.2) is 0 Å². The summed E-state index contributed by atoms with van der Waals surface area (Å²) in [5.41, 5.74) is -0.433. The van der Waals surface area contributed by atoms with E-state index in [9.17, 15) is 4.79 Å². The Bertz CT molecular complexity index is 376. The second kappa shape index (κ2) is 6.85. The number of hydrogen-bond acceptors (Lipinski definition) is 2. The van der Waals surface area contributed by atoms with Gasteiger partial charge in [-0.15, -0.1) is 26.3 Å². The van der Waals surface area contributed by atoms with Crippen molar-refractivity contribution in [1.29, 1.82) is 0 Å². The van der Waals surface area contributed by atoms with Crippen molar-refractivity contribution in [2.24, 2.45) is 11.8 Å². The van der Waals surface area contributed by atoms with Crippen molar-refractivity contribution < 1.29 is 4.79 Å². The first-order valence-electron chi connectivity index (χ1n) is 7.24. The van der Waals surface area contributed by atoms with Crippen LogP contribution in [0.2, 0.25) is 0 Å². The lowest BCUT2D eigenvalue weighted by Crippen LogP contribution is -2.52. The molecule has 1 aliphatic heterocycles. The predicted octanol–water partition coefficient (Wildman–Crippen LogP) is 3.82. The van der Waals surface area contributed by atoms with Gasteiger partial charge in [0.05, 0.1) is 0 Å². The van der Waals surface area contributed by atoms with E-state index in [2.05, 4.69) is 38.6 Å². The molecule has 1 heterocycles. The normalized spacial score (nSPS) is 26.6. The van der Waals surface area contributed by atoms with Gasteiger partial charge in [0.25, 0.3) is 0 Å². The highest BCUT2D eigenvalue weighted by Crippen LogP contribution is 2.47. The van der Waals surface area contributed by atoms with E-state index in [1.807, 2.05) is 24.3 Å². The number of aldehydes is 1. The van der Waals surface area contributed by atoms with E-state index in [1.54, 1.807) is 0 Å². The number of carbonyl (C=O) groups is 1. The summed E-state index contributed by atoms with van der Waals surface area (Å²) >= 11 is 0. The maximum absolute atomic E-state index is 11.7. The Balaban J connectivity index is 3.29. The van der Waals surface area contributed by atoms with Crippen molar-refractivity contribution in [3.05, 3.63) is 50.6 Å². The van der Waals surface area contributed by atoms with E-state index in [0.717, 1.165) is 32.0 Å². The van der Waals surface area contributed by atoms with E-state index >= 15 is 0 Å². The maximum atomic E-state index is 11.7. The van der Waals surface area contributed by atoms with Gasteiger partial charge in [0.15, 0.2) is 0 Å². The molecular formula is C18H27NO. The SMILES string of the molecule is C=CCC1(CC=C)NC(CC=C)(CC=C)C(C=O)C1C. The molecule has 0 radical (unpaired) electrons. The van der Waals surface area contributed by atoms with Crippen molar-refractivity contribution in [1.82, 2.24) is 5.32 Å². The number of hydrogen-bond donors (Lipinski definition) is 1. The maximum Gasteiger partial charge on any atom is 0.125 e. The van der Waals surface area contributed by atoms with E-state index in [-0.39, 0.29) is 22.9 Å². The van der Waals surface area contributed by atoms with E-state index in [1.165, 1.54) is 0 Å². The highest BCUT2D eigenvalue weighted by Gasteiger charge is 2.56. The van der Waals surface area contributed by atoms with Crippen molar-refractivity contribution in [2.75, 3.05) is 0 Å². The summed E-state index contributed by atoms with van der Waals surface area (Å²) in [7, 11) is 0. The van der Waals surface area contributed by atoms with Gasteiger partial charge in [-0.3, -0.25) is 0 Å². The lowest BCUT2D eigenvalue weighted by molar-refractivity contribution is -0.113. The molecule has 1 rings (SSSR count). The van der Waals surface area contributed by atoms with Crippen LogP contribution in [-0.2, 0) is 4.79 Å². The molecule has 0 aromatic rings. The largest absolute Gasteiger partial charge is 0.303 e. The molecule has 2 unspecified atom stereocenters. The Morgan fingerprint density at radius 2 is 1.30 bits per heavy atom. The summed E-state index contributed by atoms with van der Waals surface area (Å²) in [6.45, 7) is 17.6. The van der Waals surface area contributed by atoms with Crippen LogP contribution in [0.5, 0.6) is 0 Å². The van der Waals surface area contributed by atoms with Crippen LogP contribution in [0.3, 0.4) is 0 Å². The minimum atomic E-state index is -0.281. The summed E-state index contributed by atoms with van der Waals surface area (Å²) in [6.07, 6.45) is 11.9. The summed E-state index contributed by atoms with van der Waals surface area (Å²) < 4.78 is 0. The summed E-state index contributed by atoms with van der Waals surface area (Å²) in [6, 6.07) is 0. The van der Waals surface area contributed by atoms with Gasteiger partial charge in [-0.2, -0.15) is 0 Å². The van der Waals surface area contributed by atoms with E-state index in [0.29, 0.717) is 0 Å². The van der Waals surface area contributed by atoms with Crippen LogP contribution in [0.25, 0.3) is 0 Å². The van der Waals surface area contributed by atoms with Gasteiger partial charge >= 0.3 is 0 Å². The third-order valence-electron chi connectivity index (χ3n) is 4.73. The van der Waals surface area contributed by atoms with Crippen LogP contribution in [0.4, 0.5) is 0 Å². The highest BCUT2D eigenvalue weighted by atomic mass is 16.1. The fraction of sp³-hybridized carbons (Fsp3) is 0.500. The highest BCUT2D eigenvalue weighted by molar-refractivity contribution is 5.59. The molecule has 0 saturated carbocycles. The molecule has 1 N–H and O–H groups in total. The molecule has 20 heavy (non-hydrogen) atoms. The van der Waals surface area contributed by atoms with Crippen LogP contribution in [0.15, 0.2) is 50.6 Å². The van der Waals surface area contributed by atoms with Gasteiger partial charge in [-0.05, 0) is 31.6 Å². The summed E-state index contributed by atoms with van der Waals surface area (Å²) in [5.74, 6) is 0.161. The van der Waals surface area contributed by atoms with Crippen molar-refractivity contribution in [3.63, 3.8) is 0 Å². The zero-order valence-electron chi connectivity index (χ0n) is 12.6. The van der Waals surface area contributed by atoms with Crippen LogP contribution < -0.4 is 5.32 Å². The number of carbonyl (C=O) groups excluding carboxylic acids is 1. The van der Waals surface area contributed by atoms with Crippen LogP contribution >= 0.6 is 0 Å². The molecule has 2 atom stereocenters. The average Bonchev–Trinajstić information content (AvgIpc) is 2.61. The predicted molar refractivity (Wildman–Crippen MR) is 86.6 cm³/mol. The smallest absolute Gasteiger partial charge is 0.125 e. The molecule has 2 nitrogen and oxygen atoms in total. The van der Waals surface area contributed by atoms with Gasteiger partial charge in [0.1, 0.15) is 6.29 Å². The second-order valence-electron chi connectivity index (χ2n) is 5.86. The fourth-order valence-corrected chi connectivity index (χ4v) is 3.81. The van der Waals surface area contributed by atoms with Crippen molar-refractivity contribution in [3.8, 4) is 0 Å². The van der Waals surface area contributed by atoms with Gasteiger partial charge in [-0.1, -0.05) is 31.2 Å². The fourth-order valence-electron chi connectivity index (χ4n) is 3.81. The molecular weight excluding hydrogens is 246 g/mol. The van der Waals surface area contributed by atoms with Crippen molar-refractivity contribution in [2.45, 2.75) is 43.7 Å². The number of rotatable bonds is 9. The van der Waals surface area contributed by atoms with Crippen LogP contribution in [0, 0.1) is 11.8 Å². The lowest BCUT2D eigenvalue weighted by Gasteiger charge is -2.36. The number of nitrogens with one attached hydrogen (secondary N) is 1. The van der Waals surface area contributed by atoms with Crippen molar-refractivity contribution >= 4 is 6.29 Å². The first-order chi connectivity index (χ1) is 9.55. The Morgan fingerprint density at radius 1 is 0.900 bits per heavy atom. The molecule has 0 bridgehead atoms. The Hall–Kier alpha value is -1.41. The minimum absolute atomic E-state index is 0.0570. The molecule has 1 fully saturated rings. The standard InChI is InChI=1S/C18H27NO/c1-6-10-17(11-7-2)15(5)16(14-20)18(19-17,12-8-3)13-9-4/h6-9,14-16,19H,1-4,10-13H2,5H3. The van der Waals surface area contributed by atoms with E-state index in [4.69, 9.17) is 0 Å². The molecule has 0 spiro atoms. The molecule has 1 saturated heterocycles. The van der Waals surface area contributed by atoms with E-state index < -0.39 is 0 Å². The average molecular weight is 273 g/mol. The molecule has 1 aliphatic rings. The summed E-state index contributed by atoms with van der Waals surface area (Å²) in [5, 5.41) is 3.76. The molecule has 0 amide bonds. The quantitative estimate of drug-likeness (QED) is 0.511. The first kappa shape index (κ1) is 16.6. The third kappa shape index (κ3) is 2.71. The zero-order valence-corrected chi connectivity index (χ0v) is 12.6. The molecule has 0 aromatic heterocycles. The second-order valence-corrected chi connectivity index (χ2v) is 5.86. The molecule has 110 valence electrons. The minimum Gasteiger partial charge on any atom is -0.303 e. The Morgan fingerprint density at radius 3 is 1.65 bits per heavy atom. The third-order valence-corrected chi connectivity index (χ3v) is 4.73. The van der Waals surface area contributed by atoms with Gasteiger partial charge in [0.2, 0.25) is 0 Å².